The Bertz CT molecular complexity index is 355. The van der Waals surface area contributed by atoms with Crippen molar-refractivity contribution in [1.82, 2.24) is 0 Å². The van der Waals surface area contributed by atoms with Gasteiger partial charge in [-0.3, -0.25) is 0 Å². The summed E-state index contributed by atoms with van der Waals surface area (Å²) in [4.78, 5) is 2.28. The molecule has 1 aromatic carbocycles. The molecule has 96 valence electrons. The third kappa shape index (κ3) is 3.98. The first kappa shape index (κ1) is 14.5. The first-order chi connectivity index (χ1) is 8.10. The van der Waals surface area contributed by atoms with Gasteiger partial charge in [-0.15, -0.1) is 0 Å². The van der Waals surface area contributed by atoms with Gasteiger partial charge in [0.05, 0.1) is 12.3 Å². The fourth-order valence-corrected chi connectivity index (χ4v) is 2.36. The zero-order chi connectivity index (χ0) is 12.8. The van der Waals surface area contributed by atoms with Gasteiger partial charge in [0.2, 0.25) is 0 Å². The number of methoxy groups -OCH3 is 1. The van der Waals surface area contributed by atoms with Crippen LogP contribution in [0.15, 0.2) is 22.7 Å². The summed E-state index contributed by atoms with van der Waals surface area (Å²) in [7, 11) is 1.72. The Morgan fingerprint density at radius 2 is 2.18 bits per heavy atom. The highest BCUT2D eigenvalue weighted by molar-refractivity contribution is 9.10. The van der Waals surface area contributed by atoms with E-state index in [1.165, 1.54) is 5.69 Å². The Morgan fingerprint density at radius 3 is 2.65 bits per heavy atom. The van der Waals surface area contributed by atoms with E-state index in [0.717, 1.165) is 29.7 Å². The van der Waals surface area contributed by atoms with Crippen LogP contribution in [0.3, 0.4) is 0 Å². The highest BCUT2D eigenvalue weighted by Crippen LogP contribution is 2.28. The predicted octanol–water partition coefficient (Wildman–Crippen LogP) is 2.94. The molecule has 3 nitrogen and oxygen atoms in total. The molecular formula is C13H21BrN2O. The van der Waals surface area contributed by atoms with Gasteiger partial charge in [-0.1, -0.05) is 6.07 Å². The molecule has 0 saturated carbocycles. The van der Waals surface area contributed by atoms with Crippen LogP contribution in [0.1, 0.15) is 25.5 Å². The van der Waals surface area contributed by atoms with Crippen LogP contribution in [0.5, 0.6) is 0 Å². The Balaban J connectivity index is 2.88. The molecule has 0 fully saturated rings. The van der Waals surface area contributed by atoms with Crippen molar-refractivity contribution in [1.29, 1.82) is 0 Å². The number of hydrogen-bond donors (Lipinski definition) is 1. The molecule has 4 heteroatoms. The van der Waals surface area contributed by atoms with Crippen LogP contribution >= 0.6 is 15.9 Å². The molecule has 1 atom stereocenters. The normalized spacial score (nSPS) is 12.5. The maximum atomic E-state index is 5.87. The third-order valence-corrected chi connectivity index (χ3v) is 3.42. The molecule has 0 radical (unpaired) electrons. The lowest BCUT2D eigenvalue weighted by Gasteiger charge is -2.24. The van der Waals surface area contributed by atoms with Gasteiger partial charge in [0.25, 0.3) is 0 Å². The second kappa shape index (κ2) is 6.99. The van der Waals surface area contributed by atoms with Gasteiger partial charge in [-0.25, -0.2) is 0 Å². The van der Waals surface area contributed by atoms with Crippen LogP contribution in [-0.2, 0) is 4.74 Å². The van der Waals surface area contributed by atoms with Crippen LogP contribution in [0.2, 0.25) is 0 Å². The van der Waals surface area contributed by atoms with Crippen molar-refractivity contribution in [2.75, 3.05) is 31.7 Å². The Hall–Kier alpha value is -0.580. The van der Waals surface area contributed by atoms with Crippen molar-refractivity contribution >= 4 is 21.6 Å². The lowest BCUT2D eigenvalue weighted by Crippen LogP contribution is -2.27. The van der Waals surface area contributed by atoms with E-state index in [2.05, 4.69) is 46.0 Å². The smallest absolute Gasteiger partial charge is 0.0637 e. The van der Waals surface area contributed by atoms with Crippen LogP contribution in [0, 0.1) is 0 Å². The fourth-order valence-electron chi connectivity index (χ4n) is 1.71. The largest absolute Gasteiger partial charge is 0.383 e. The SMILES string of the molecule is CCN(CCOC)c1ccc(C(C)N)cc1Br. The first-order valence-corrected chi connectivity index (χ1v) is 6.68. The molecule has 0 bridgehead atoms. The second-order valence-electron chi connectivity index (χ2n) is 4.07. The Labute approximate surface area is 112 Å². The molecule has 0 aliphatic rings. The van der Waals surface area contributed by atoms with Gasteiger partial charge in [0, 0.05) is 30.7 Å². The van der Waals surface area contributed by atoms with Gasteiger partial charge in [-0.05, 0) is 47.5 Å². The van der Waals surface area contributed by atoms with Crippen molar-refractivity contribution in [2.45, 2.75) is 19.9 Å². The van der Waals surface area contributed by atoms with E-state index in [1.54, 1.807) is 7.11 Å². The number of hydrogen-bond acceptors (Lipinski definition) is 3. The van der Waals surface area contributed by atoms with Crippen molar-refractivity contribution in [3.63, 3.8) is 0 Å². The molecule has 0 aliphatic heterocycles. The summed E-state index contributed by atoms with van der Waals surface area (Å²) < 4.78 is 6.21. The van der Waals surface area contributed by atoms with Crippen molar-refractivity contribution in [3.05, 3.63) is 28.2 Å². The monoisotopic (exact) mass is 300 g/mol. The Morgan fingerprint density at radius 1 is 1.47 bits per heavy atom. The van der Waals surface area contributed by atoms with E-state index in [0.29, 0.717) is 0 Å². The molecule has 1 aromatic rings. The molecule has 0 saturated heterocycles. The average Bonchev–Trinajstić information content (AvgIpc) is 2.31. The zero-order valence-corrected chi connectivity index (χ0v) is 12.3. The van der Waals surface area contributed by atoms with Crippen LogP contribution < -0.4 is 10.6 Å². The average molecular weight is 301 g/mol. The highest BCUT2D eigenvalue weighted by atomic mass is 79.9. The fraction of sp³-hybridized carbons (Fsp3) is 0.538. The van der Waals surface area contributed by atoms with Crippen LogP contribution in [-0.4, -0.2) is 26.8 Å². The number of anilines is 1. The number of benzene rings is 1. The minimum Gasteiger partial charge on any atom is -0.383 e. The molecule has 0 aromatic heterocycles. The maximum absolute atomic E-state index is 5.87. The van der Waals surface area contributed by atoms with Crippen LogP contribution in [0.25, 0.3) is 0 Å². The number of ether oxygens (including phenoxy) is 1. The highest BCUT2D eigenvalue weighted by Gasteiger charge is 2.10. The summed E-state index contributed by atoms with van der Waals surface area (Å²) in [6, 6.07) is 6.35. The number of nitrogens with two attached hydrogens (primary N) is 1. The molecule has 17 heavy (non-hydrogen) atoms. The standard InChI is InChI=1S/C13H21BrN2O/c1-4-16(7-8-17-3)13-6-5-11(10(2)15)9-12(13)14/h5-6,9-10H,4,7-8,15H2,1-3H3. The topological polar surface area (TPSA) is 38.5 Å². The molecule has 1 rings (SSSR count). The van der Waals surface area contributed by atoms with E-state index in [9.17, 15) is 0 Å². The van der Waals surface area contributed by atoms with Crippen LogP contribution in [0.4, 0.5) is 5.69 Å². The van der Waals surface area contributed by atoms with Gasteiger partial charge < -0.3 is 15.4 Å². The number of rotatable bonds is 6. The summed E-state index contributed by atoms with van der Waals surface area (Å²) in [5.41, 5.74) is 8.20. The summed E-state index contributed by atoms with van der Waals surface area (Å²) in [5.74, 6) is 0. The molecular weight excluding hydrogens is 280 g/mol. The van der Waals surface area contributed by atoms with E-state index >= 15 is 0 Å². The van der Waals surface area contributed by atoms with Crippen molar-refractivity contribution < 1.29 is 4.74 Å². The van der Waals surface area contributed by atoms with E-state index < -0.39 is 0 Å². The molecule has 0 heterocycles. The van der Waals surface area contributed by atoms with Gasteiger partial charge in [-0.2, -0.15) is 0 Å². The van der Waals surface area contributed by atoms with Crippen molar-refractivity contribution in [2.24, 2.45) is 5.73 Å². The number of likely N-dealkylation sites (N-methyl/N-ethyl adjacent to an activating group) is 1. The van der Waals surface area contributed by atoms with E-state index in [1.807, 2.05) is 6.92 Å². The number of halogens is 1. The molecule has 0 spiro atoms. The molecule has 2 N–H and O–H groups in total. The van der Waals surface area contributed by atoms with Gasteiger partial charge in [0.1, 0.15) is 0 Å². The molecule has 1 unspecified atom stereocenters. The summed E-state index contributed by atoms with van der Waals surface area (Å²) in [5, 5.41) is 0. The number of nitrogens with zero attached hydrogens (tertiary/aromatic N) is 1. The van der Waals surface area contributed by atoms with Gasteiger partial charge in [0.15, 0.2) is 0 Å². The summed E-state index contributed by atoms with van der Waals surface area (Å²) in [6.07, 6.45) is 0. The van der Waals surface area contributed by atoms with E-state index in [4.69, 9.17) is 10.5 Å². The predicted molar refractivity (Wildman–Crippen MR) is 76.5 cm³/mol. The zero-order valence-electron chi connectivity index (χ0n) is 10.7. The molecule has 0 amide bonds. The van der Waals surface area contributed by atoms with E-state index in [-0.39, 0.29) is 6.04 Å². The quantitative estimate of drug-likeness (QED) is 0.878. The van der Waals surface area contributed by atoms with Crippen molar-refractivity contribution in [3.8, 4) is 0 Å². The lowest BCUT2D eigenvalue weighted by atomic mass is 10.1. The minimum absolute atomic E-state index is 0.0643. The third-order valence-electron chi connectivity index (χ3n) is 2.79. The summed E-state index contributed by atoms with van der Waals surface area (Å²) in [6.45, 7) is 6.71. The Kier molecular flexibility index (Phi) is 5.95. The first-order valence-electron chi connectivity index (χ1n) is 5.89. The summed E-state index contributed by atoms with van der Waals surface area (Å²) >= 11 is 3.61. The minimum atomic E-state index is 0.0643. The second-order valence-corrected chi connectivity index (χ2v) is 4.93. The lowest BCUT2D eigenvalue weighted by molar-refractivity contribution is 0.205. The molecule has 0 aliphatic carbocycles. The van der Waals surface area contributed by atoms with Gasteiger partial charge >= 0.3 is 0 Å². The maximum Gasteiger partial charge on any atom is 0.0637 e.